The highest BCUT2D eigenvalue weighted by Gasteiger charge is 2.23. The summed E-state index contributed by atoms with van der Waals surface area (Å²) in [5.74, 6) is 0.941. The molecule has 1 aliphatic rings. The summed E-state index contributed by atoms with van der Waals surface area (Å²) in [6, 6.07) is 5.56. The number of aromatic nitrogens is 2. The highest BCUT2D eigenvalue weighted by molar-refractivity contribution is 9.10. The first-order valence-electron chi connectivity index (χ1n) is 5.61. The molecule has 98 valence electrons. The second-order valence-corrected chi connectivity index (χ2v) is 5.00. The average Bonchev–Trinajstić information content (AvgIpc) is 2.73. The van der Waals surface area contributed by atoms with Gasteiger partial charge in [0.15, 0.2) is 12.6 Å². The molecule has 0 saturated carbocycles. The van der Waals surface area contributed by atoms with E-state index in [1.54, 1.807) is 11.9 Å². The zero-order valence-electron chi connectivity index (χ0n) is 10.1. The van der Waals surface area contributed by atoms with Crippen LogP contribution in [0.5, 0.6) is 5.75 Å². The summed E-state index contributed by atoms with van der Waals surface area (Å²) in [4.78, 5) is 20.3. The maximum absolute atomic E-state index is 11.6. The molecule has 0 unspecified atom stereocenters. The van der Waals surface area contributed by atoms with Gasteiger partial charge in [-0.05, 0) is 34.1 Å². The van der Waals surface area contributed by atoms with E-state index >= 15 is 0 Å². The van der Waals surface area contributed by atoms with Gasteiger partial charge in [-0.1, -0.05) is 0 Å². The number of hydrogen-bond acceptors (Lipinski definition) is 4. The number of nitrogen functional groups attached to an aromatic ring is 1. The zero-order chi connectivity index (χ0) is 13.6. The number of rotatable bonds is 1. The van der Waals surface area contributed by atoms with Crippen LogP contribution in [0.25, 0.3) is 11.3 Å². The Bertz CT molecular complexity index is 668. The number of fused-ring (bicyclic) bond motifs is 1. The van der Waals surface area contributed by atoms with Gasteiger partial charge in [-0.3, -0.25) is 4.79 Å². The topological polar surface area (TPSA) is 84.2 Å². The van der Waals surface area contributed by atoms with Gasteiger partial charge in [-0.25, -0.2) is 4.98 Å². The number of aromatic amines is 1. The van der Waals surface area contributed by atoms with Crippen LogP contribution in [-0.4, -0.2) is 29.5 Å². The minimum atomic E-state index is -0.0785. The number of nitrogens with one attached hydrogen (secondary N) is 1. The van der Waals surface area contributed by atoms with Crippen LogP contribution in [0.4, 0.5) is 11.6 Å². The number of amides is 1. The number of carbonyl (C=O) groups excluding carboxylic acids is 1. The second kappa shape index (κ2) is 4.27. The number of halogens is 1. The Hall–Kier alpha value is -2.02. The third-order valence-electron chi connectivity index (χ3n) is 3.00. The predicted molar refractivity (Wildman–Crippen MR) is 75.0 cm³/mol. The van der Waals surface area contributed by atoms with Crippen molar-refractivity contribution in [2.24, 2.45) is 0 Å². The molecule has 0 spiro atoms. The average molecular weight is 323 g/mol. The molecule has 2 aromatic rings. The third kappa shape index (κ3) is 1.95. The molecule has 0 atom stereocenters. The quantitative estimate of drug-likeness (QED) is 0.838. The highest BCUT2D eigenvalue weighted by atomic mass is 79.9. The van der Waals surface area contributed by atoms with Crippen LogP contribution in [0, 0.1) is 0 Å². The number of imidazole rings is 1. The van der Waals surface area contributed by atoms with Crippen molar-refractivity contribution >= 4 is 33.5 Å². The molecule has 3 N–H and O–H groups in total. The van der Waals surface area contributed by atoms with Crippen molar-refractivity contribution in [3.05, 3.63) is 22.8 Å². The molecule has 6 nitrogen and oxygen atoms in total. The lowest BCUT2D eigenvalue weighted by Gasteiger charge is -2.26. The van der Waals surface area contributed by atoms with Crippen LogP contribution in [0.1, 0.15) is 0 Å². The van der Waals surface area contributed by atoms with Crippen LogP contribution < -0.4 is 15.4 Å². The molecular formula is C12H11BrN4O2. The van der Waals surface area contributed by atoms with Crippen molar-refractivity contribution in [2.75, 3.05) is 24.3 Å². The molecule has 0 radical (unpaired) electrons. The van der Waals surface area contributed by atoms with Crippen molar-refractivity contribution in [3.63, 3.8) is 0 Å². The van der Waals surface area contributed by atoms with Gasteiger partial charge < -0.3 is 20.4 Å². The third-order valence-corrected chi connectivity index (χ3v) is 3.57. The van der Waals surface area contributed by atoms with E-state index in [1.165, 1.54) is 0 Å². The summed E-state index contributed by atoms with van der Waals surface area (Å²) in [6.07, 6.45) is 0. The Morgan fingerprint density at radius 1 is 1.53 bits per heavy atom. The van der Waals surface area contributed by atoms with Gasteiger partial charge in [0.05, 0.1) is 5.69 Å². The van der Waals surface area contributed by atoms with E-state index in [4.69, 9.17) is 10.5 Å². The van der Waals surface area contributed by atoms with Crippen molar-refractivity contribution in [1.29, 1.82) is 0 Å². The fourth-order valence-corrected chi connectivity index (χ4v) is 2.50. The lowest BCUT2D eigenvalue weighted by Crippen LogP contribution is -2.35. The van der Waals surface area contributed by atoms with Crippen molar-refractivity contribution in [1.82, 2.24) is 9.97 Å². The maximum atomic E-state index is 11.6. The summed E-state index contributed by atoms with van der Waals surface area (Å²) < 4.78 is 6.08. The number of nitrogens with two attached hydrogens (primary N) is 1. The summed E-state index contributed by atoms with van der Waals surface area (Å²) in [6.45, 7) is 0.0713. The lowest BCUT2D eigenvalue weighted by atomic mass is 10.1. The fraction of sp³-hybridized carbons (Fsp3) is 0.167. The zero-order valence-corrected chi connectivity index (χ0v) is 11.7. The molecule has 19 heavy (non-hydrogen) atoms. The first kappa shape index (κ1) is 12.0. The summed E-state index contributed by atoms with van der Waals surface area (Å²) in [5, 5.41) is 0. The minimum Gasteiger partial charge on any atom is -0.482 e. The van der Waals surface area contributed by atoms with Gasteiger partial charge in [0.25, 0.3) is 5.91 Å². The Kier molecular flexibility index (Phi) is 2.70. The first-order chi connectivity index (χ1) is 9.06. The van der Waals surface area contributed by atoms with Crippen LogP contribution in [0.2, 0.25) is 0 Å². The first-order valence-corrected chi connectivity index (χ1v) is 6.40. The molecular weight excluding hydrogens is 312 g/mol. The largest absolute Gasteiger partial charge is 0.482 e. The van der Waals surface area contributed by atoms with E-state index in [1.807, 2.05) is 18.2 Å². The van der Waals surface area contributed by atoms with Crippen LogP contribution >= 0.6 is 15.9 Å². The number of carbonyl (C=O) groups is 1. The fourth-order valence-electron chi connectivity index (χ4n) is 1.98. The van der Waals surface area contributed by atoms with Crippen molar-refractivity contribution < 1.29 is 9.53 Å². The van der Waals surface area contributed by atoms with Gasteiger partial charge in [0.2, 0.25) is 0 Å². The molecule has 7 heteroatoms. The molecule has 3 rings (SSSR count). The molecule has 1 amide bonds. The Morgan fingerprint density at radius 2 is 2.32 bits per heavy atom. The van der Waals surface area contributed by atoms with Crippen LogP contribution in [0.3, 0.4) is 0 Å². The van der Waals surface area contributed by atoms with E-state index in [-0.39, 0.29) is 12.5 Å². The van der Waals surface area contributed by atoms with E-state index in [9.17, 15) is 4.79 Å². The number of hydrogen-bond donors (Lipinski definition) is 2. The standard InChI is InChI=1S/C12H11BrN4O2/c1-17-7-4-6(10-11(13)16-12(14)15-10)2-3-8(7)19-5-9(17)18/h2-4H,5H2,1H3,(H3,14,15,16). The van der Waals surface area contributed by atoms with Gasteiger partial charge >= 0.3 is 0 Å². The van der Waals surface area contributed by atoms with Gasteiger partial charge in [-0.2, -0.15) is 0 Å². The molecule has 0 saturated heterocycles. The van der Waals surface area contributed by atoms with Crippen LogP contribution in [-0.2, 0) is 4.79 Å². The number of ether oxygens (including phenoxy) is 1. The Labute approximate surface area is 117 Å². The smallest absolute Gasteiger partial charge is 0.264 e. The lowest BCUT2D eigenvalue weighted by molar-refractivity contribution is -0.120. The molecule has 1 aromatic heterocycles. The molecule has 0 fully saturated rings. The Balaban J connectivity index is 2.11. The summed E-state index contributed by atoms with van der Waals surface area (Å²) in [7, 11) is 1.72. The van der Waals surface area contributed by atoms with E-state index in [2.05, 4.69) is 25.9 Å². The second-order valence-electron chi connectivity index (χ2n) is 4.21. The minimum absolute atomic E-state index is 0.0713. The number of anilines is 2. The Morgan fingerprint density at radius 3 is 3.00 bits per heavy atom. The molecule has 2 heterocycles. The number of benzene rings is 1. The van der Waals surface area contributed by atoms with Gasteiger partial charge in [0, 0.05) is 12.6 Å². The summed E-state index contributed by atoms with van der Waals surface area (Å²) in [5.41, 5.74) is 7.89. The van der Waals surface area contributed by atoms with E-state index in [0.29, 0.717) is 22.0 Å². The van der Waals surface area contributed by atoms with Gasteiger partial charge in [-0.15, -0.1) is 0 Å². The number of nitrogens with zero attached hydrogens (tertiary/aromatic N) is 2. The number of likely N-dealkylation sites (N-methyl/N-ethyl adjacent to an activating group) is 1. The normalized spacial score (nSPS) is 14.2. The monoisotopic (exact) mass is 322 g/mol. The molecule has 0 aliphatic carbocycles. The number of H-pyrrole nitrogens is 1. The predicted octanol–water partition coefficient (Wildman–Crippen LogP) is 1.78. The highest BCUT2D eigenvalue weighted by Crippen LogP contribution is 2.36. The van der Waals surface area contributed by atoms with Crippen LogP contribution in [0.15, 0.2) is 22.8 Å². The van der Waals surface area contributed by atoms with E-state index < -0.39 is 0 Å². The SMILES string of the molecule is CN1C(=O)COc2ccc(-c3nc(N)[nH]c3Br)cc21. The van der Waals surface area contributed by atoms with Crippen molar-refractivity contribution in [3.8, 4) is 17.0 Å². The molecule has 0 bridgehead atoms. The summed E-state index contributed by atoms with van der Waals surface area (Å²) >= 11 is 3.37. The van der Waals surface area contributed by atoms with Gasteiger partial charge in [0.1, 0.15) is 16.0 Å². The maximum Gasteiger partial charge on any atom is 0.264 e. The molecule has 1 aliphatic heterocycles. The molecule has 1 aromatic carbocycles. The van der Waals surface area contributed by atoms with Crippen molar-refractivity contribution in [2.45, 2.75) is 0 Å². The van der Waals surface area contributed by atoms with E-state index in [0.717, 1.165) is 11.3 Å².